The molecule has 0 aliphatic heterocycles. The Morgan fingerprint density at radius 3 is 2.42 bits per heavy atom. The van der Waals surface area contributed by atoms with Crippen molar-refractivity contribution in [3.8, 4) is 0 Å². The molecule has 0 aliphatic rings. The summed E-state index contributed by atoms with van der Waals surface area (Å²) in [6.45, 7) is 6.09. The summed E-state index contributed by atoms with van der Waals surface area (Å²) < 4.78 is 0. The molecule has 66 valence electrons. The topological polar surface area (TPSA) is 0 Å². The molecule has 1 heteroatoms. The maximum Gasteiger partial charge on any atom is -0.00910 e. The summed E-state index contributed by atoms with van der Waals surface area (Å²) in [5.74, 6) is 0. The van der Waals surface area contributed by atoms with E-state index in [4.69, 9.17) is 0 Å². The van der Waals surface area contributed by atoms with Crippen LogP contribution in [0.5, 0.6) is 0 Å². The SMILES string of the molecule is CC.Cc1cccccscc1. The summed E-state index contributed by atoms with van der Waals surface area (Å²) in [5.41, 5.74) is 1.28. The molecule has 1 heterocycles. The second-order valence-corrected chi connectivity index (χ2v) is 2.88. The van der Waals surface area contributed by atoms with E-state index in [-0.39, 0.29) is 0 Å². The normalized spacial score (nSPS) is 7.58. The molecule has 0 spiro atoms. The van der Waals surface area contributed by atoms with Crippen LogP contribution in [0.2, 0.25) is 0 Å². The van der Waals surface area contributed by atoms with Crippen LogP contribution in [0.4, 0.5) is 0 Å². The lowest BCUT2D eigenvalue weighted by molar-refractivity contribution is 1.50. The first-order chi connectivity index (χ1) is 5.89. The monoisotopic (exact) mass is 180 g/mol. The predicted molar refractivity (Wildman–Crippen MR) is 58.0 cm³/mol. The molecule has 0 N–H and O–H groups in total. The molecule has 1 rings (SSSR count). The first-order valence-electron chi connectivity index (χ1n) is 4.22. The van der Waals surface area contributed by atoms with Crippen LogP contribution >= 0.6 is 11.3 Å². The summed E-state index contributed by atoms with van der Waals surface area (Å²) in [5, 5.41) is 4.13. The average molecular weight is 180 g/mol. The Hall–Kier alpha value is -0.820. The van der Waals surface area contributed by atoms with Crippen molar-refractivity contribution in [2.24, 2.45) is 0 Å². The third-order valence-corrected chi connectivity index (χ3v) is 1.76. The van der Waals surface area contributed by atoms with Gasteiger partial charge in [0.05, 0.1) is 0 Å². The summed E-state index contributed by atoms with van der Waals surface area (Å²) >= 11 is 1.69. The van der Waals surface area contributed by atoms with Gasteiger partial charge >= 0.3 is 0 Å². The zero-order valence-electron chi connectivity index (χ0n) is 7.95. The van der Waals surface area contributed by atoms with Gasteiger partial charge in [0.25, 0.3) is 0 Å². The Balaban J connectivity index is 0.000000561. The molecule has 0 saturated carbocycles. The van der Waals surface area contributed by atoms with Gasteiger partial charge in [-0.15, -0.1) is 0 Å². The van der Waals surface area contributed by atoms with Gasteiger partial charge in [-0.25, -0.2) is 0 Å². The molecule has 0 bridgehead atoms. The first kappa shape index (κ1) is 11.2. The molecular weight excluding hydrogens is 164 g/mol. The van der Waals surface area contributed by atoms with E-state index >= 15 is 0 Å². The molecule has 0 atom stereocenters. The first-order valence-corrected chi connectivity index (χ1v) is 5.16. The van der Waals surface area contributed by atoms with Crippen LogP contribution in [-0.4, -0.2) is 0 Å². The third kappa shape index (κ3) is 5.93. The van der Waals surface area contributed by atoms with Crippen LogP contribution in [0.25, 0.3) is 0 Å². The van der Waals surface area contributed by atoms with Crippen molar-refractivity contribution in [1.29, 1.82) is 0 Å². The number of aryl methyl sites for hydroxylation is 1. The van der Waals surface area contributed by atoms with Crippen LogP contribution < -0.4 is 0 Å². The van der Waals surface area contributed by atoms with Crippen molar-refractivity contribution in [3.63, 3.8) is 0 Å². The zero-order valence-corrected chi connectivity index (χ0v) is 8.77. The van der Waals surface area contributed by atoms with E-state index in [0.29, 0.717) is 0 Å². The van der Waals surface area contributed by atoms with Gasteiger partial charge in [-0.05, 0) is 23.8 Å². The van der Waals surface area contributed by atoms with E-state index < -0.39 is 0 Å². The van der Waals surface area contributed by atoms with Crippen LogP contribution in [0.1, 0.15) is 19.4 Å². The van der Waals surface area contributed by atoms with Gasteiger partial charge in [0.1, 0.15) is 0 Å². The minimum Gasteiger partial charge on any atom is -0.152 e. The molecule has 0 nitrogen and oxygen atoms in total. The molecule has 1 aromatic heterocycles. The van der Waals surface area contributed by atoms with Crippen molar-refractivity contribution >= 4 is 11.3 Å². The minimum atomic E-state index is 1.28. The quantitative estimate of drug-likeness (QED) is 0.561. The molecule has 0 aliphatic carbocycles. The average Bonchev–Trinajstić information content (AvgIpc) is 2.22. The van der Waals surface area contributed by atoms with Crippen LogP contribution in [0, 0.1) is 6.92 Å². The second-order valence-electron chi connectivity index (χ2n) is 2.06. The number of hydrogen-bond acceptors (Lipinski definition) is 1. The lowest BCUT2D eigenvalue weighted by Gasteiger charge is -1.76. The Morgan fingerprint density at radius 2 is 1.67 bits per heavy atom. The molecule has 0 saturated heterocycles. The van der Waals surface area contributed by atoms with Gasteiger partial charge in [0, 0.05) is 0 Å². The molecule has 0 aromatic carbocycles. The maximum atomic E-state index is 2.10. The van der Waals surface area contributed by atoms with E-state index in [1.165, 1.54) is 5.56 Å². The second kappa shape index (κ2) is 8.28. The summed E-state index contributed by atoms with van der Waals surface area (Å²) in [7, 11) is 0. The highest BCUT2D eigenvalue weighted by Crippen LogP contribution is 1.94. The van der Waals surface area contributed by atoms with Crippen LogP contribution in [0.3, 0.4) is 0 Å². The largest absolute Gasteiger partial charge is 0.152 e. The van der Waals surface area contributed by atoms with E-state index in [9.17, 15) is 0 Å². The van der Waals surface area contributed by atoms with E-state index in [2.05, 4.69) is 29.8 Å². The fraction of sp³-hybridized carbons (Fsp3) is 0.273. The van der Waals surface area contributed by atoms with Crippen molar-refractivity contribution in [1.82, 2.24) is 0 Å². The fourth-order valence-electron chi connectivity index (χ4n) is 0.610. The summed E-state index contributed by atoms with van der Waals surface area (Å²) in [6, 6.07) is 10.3. The van der Waals surface area contributed by atoms with Crippen molar-refractivity contribution in [3.05, 3.63) is 46.7 Å². The molecule has 1 aromatic rings. The Bertz CT molecular complexity index is 212. The van der Waals surface area contributed by atoms with Gasteiger partial charge in [0.15, 0.2) is 0 Å². The Morgan fingerprint density at radius 1 is 0.917 bits per heavy atom. The predicted octanol–water partition coefficient (Wildman–Crippen LogP) is 4.21. The van der Waals surface area contributed by atoms with Crippen LogP contribution in [0.15, 0.2) is 41.1 Å². The molecule has 0 amide bonds. The number of hydrogen-bond donors (Lipinski definition) is 0. The van der Waals surface area contributed by atoms with Gasteiger partial charge in [-0.2, -0.15) is 11.3 Å². The number of rotatable bonds is 0. The molecule has 0 unspecified atom stereocenters. The fourth-order valence-corrected chi connectivity index (χ4v) is 1.18. The molecule has 0 radical (unpaired) electrons. The van der Waals surface area contributed by atoms with E-state index in [0.717, 1.165) is 0 Å². The smallest absolute Gasteiger partial charge is 0.00910 e. The highest BCUT2D eigenvalue weighted by Gasteiger charge is 1.70. The van der Waals surface area contributed by atoms with Gasteiger partial charge < -0.3 is 0 Å². The van der Waals surface area contributed by atoms with Gasteiger partial charge in [-0.3, -0.25) is 0 Å². The van der Waals surface area contributed by atoms with Gasteiger partial charge in [-0.1, -0.05) is 43.7 Å². The highest BCUT2D eigenvalue weighted by molar-refractivity contribution is 7.07. The highest BCUT2D eigenvalue weighted by atomic mass is 32.1. The minimum absolute atomic E-state index is 1.28. The van der Waals surface area contributed by atoms with Crippen molar-refractivity contribution in [2.75, 3.05) is 0 Å². The van der Waals surface area contributed by atoms with Gasteiger partial charge in [0.2, 0.25) is 0 Å². The lowest BCUT2D eigenvalue weighted by Crippen LogP contribution is -1.57. The van der Waals surface area contributed by atoms with Crippen molar-refractivity contribution in [2.45, 2.75) is 20.8 Å². The van der Waals surface area contributed by atoms with E-state index in [1.807, 2.05) is 32.0 Å². The summed E-state index contributed by atoms with van der Waals surface area (Å²) in [4.78, 5) is 0. The third-order valence-electron chi connectivity index (χ3n) is 1.15. The molecular formula is C11H16S. The Labute approximate surface area is 79.2 Å². The summed E-state index contributed by atoms with van der Waals surface area (Å²) in [6.07, 6.45) is 0. The molecule has 12 heavy (non-hydrogen) atoms. The Kier molecular flexibility index (Phi) is 7.71. The van der Waals surface area contributed by atoms with E-state index in [1.54, 1.807) is 11.3 Å². The van der Waals surface area contributed by atoms with Crippen LogP contribution in [-0.2, 0) is 0 Å². The zero-order chi connectivity index (χ0) is 9.23. The maximum absolute atomic E-state index is 2.10. The lowest BCUT2D eigenvalue weighted by atomic mass is 10.3. The van der Waals surface area contributed by atoms with Crippen molar-refractivity contribution < 1.29 is 0 Å². The standard InChI is InChI=1S/C9H10S.C2H6/c1-9-5-3-2-4-7-10-8-6-9;1-2/h2-8H,1H3;1-2H3. The molecule has 0 fully saturated rings.